The SMILES string of the molecule is CN(C)CC#Cc1c2c3ccccc3n(C(=O)O)c2cc2c3ccccc3n(C(=O)O)c12. The van der Waals surface area contributed by atoms with E-state index in [1.54, 1.807) is 30.3 Å². The third-order valence-electron chi connectivity index (χ3n) is 5.58. The molecule has 3 aromatic carbocycles. The molecule has 0 aliphatic heterocycles. The first kappa shape index (κ1) is 19.7. The van der Waals surface area contributed by atoms with Gasteiger partial charge in [0.15, 0.2) is 0 Å². The van der Waals surface area contributed by atoms with E-state index in [1.807, 2.05) is 43.3 Å². The largest absolute Gasteiger partial charge is 0.464 e. The molecule has 0 amide bonds. The van der Waals surface area contributed by atoms with Gasteiger partial charge in [-0.2, -0.15) is 0 Å². The lowest BCUT2D eigenvalue weighted by atomic mass is 10.0. The summed E-state index contributed by atoms with van der Waals surface area (Å²) in [5.74, 6) is 6.29. The third-order valence-corrected chi connectivity index (χ3v) is 5.58. The van der Waals surface area contributed by atoms with Crippen molar-refractivity contribution in [3.05, 3.63) is 60.2 Å². The summed E-state index contributed by atoms with van der Waals surface area (Å²) in [5.41, 5.74) is 2.52. The summed E-state index contributed by atoms with van der Waals surface area (Å²) >= 11 is 0. The van der Waals surface area contributed by atoms with Crippen LogP contribution in [0.1, 0.15) is 5.56 Å². The molecule has 0 bridgehead atoms. The highest BCUT2D eigenvalue weighted by Crippen LogP contribution is 2.39. The Kier molecular flexibility index (Phi) is 4.40. The van der Waals surface area contributed by atoms with Crippen molar-refractivity contribution in [3.8, 4) is 11.8 Å². The Labute approximate surface area is 182 Å². The molecule has 0 aliphatic rings. The van der Waals surface area contributed by atoms with E-state index in [9.17, 15) is 19.8 Å². The van der Waals surface area contributed by atoms with Gasteiger partial charge in [-0.1, -0.05) is 48.2 Å². The highest BCUT2D eigenvalue weighted by Gasteiger charge is 2.24. The first-order valence-corrected chi connectivity index (χ1v) is 9.99. The van der Waals surface area contributed by atoms with Crippen molar-refractivity contribution in [2.45, 2.75) is 0 Å². The van der Waals surface area contributed by atoms with Crippen molar-refractivity contribution in [1.29, 1.82) is 0 Å². The first-order chi connectivity index (χ1) is 15.4. The highest BCUT2D eigenvalue weighted by atomic mass is 16.4. The highest BCUT2D eigenvalue weighted by molar-refractivity contribution is 6.24. The van der Waals surface area contributed by atoms with Gasteiger partial charge in [-0.15, -0.1) is 0 Å². The topological polar surface area (TPSA) is 87.7 Å². The van der Waals surface area contributed by atoms with Gasteiger partial charge in [-0.25, -0.2) is 18.7 Å². The maximum atomic E-state index is 12.3. The van der Waals surface area contributed by atoms with Crippen LogP contribution in [-0.2, 0) is 0 Å². The summed E-state index contributed by atoms with van der Waals surface area (Å²) in [6.45, 7) is 0.475. The number of benzene rings is 3. The minimum absolute atomic E-state index is 0.464. The van der Waals surface area contributed by atoms with Crippen LogP contribution in [-0.4, -0.2) is 57.1 Å². The van der Waals surface area contributed by atoms with Crippen LogP contribution < -0.4 is 0 Å². The molecule has 32 heavy (non-hydrogen) atoms. The molecule has 0 fully saturated rings. The van der Waals surface area contributed by atoms with E-state index in [4.69, 9.17) is 0 Å². The zero-order chi connectivity index (χ0) is 22.6. The van der Waals surface area contributed by atoms with Gasteiger partial charge in [-0.3, -0.25) is 4.90 Å². The van der Waals surface area contributed by atoms with Crippen molar-refractivity contribution >= 4 is 55.8 Å². The zero-order valence-electron chi connectivity index (χ0n) is 17.5. The lowest BCUT2D eigenvalue weighted by molar-refractivity contribution is 0.197. The van der Waals surface area contributed by atoms with Gasteiger partial charge in [0.25, 0.3) is 0 Å². The van der Waals surface area contributed by atoms with Crippen LogP contribution in [0.4, 0.5) is 9.59 Å². The average molecular weight is 425 g/mol. The number of nitrogens with zero attached hydrogens (tertiary/aromatic N) is 3. The van der Waals surface area contributed by atoms with Crippen molar-refractivity contribution in [3.63, 3.8) is 0 Å². The summed E-state index contributed by atoms with van der Waals surface area (Å²) in [6.07, 6.45) is -2.22. The molecule has 0 aliphatic carbocycles. The molecule has 0 saturated heterocycles. The number of aromatic nitrogens is 2. The fraction of sp³-hybridized carbons (Fsp3) is 0.120. The van der Waals surface area contributed by atoms with Crippen LogP contribution in [0.5, 0.6) is 0 Å². The second-order valence-electron chi connectivity index (χ2n) is 7.85. The number of rotatable bonds is 1. The van der Waals surface area contributed by atoms with E-state index in [-0.39, 0.29) is 0 Å². The van der Waals surface area contributed by atoms with Gasteiger partial charge >= 0.3 is 12.2 Å². The van der Waals surface area contributed by atoms with E-state index in [0.717, 1.165) is 5.39 Å². The van der Waals surface area contributed by atoms with Crippen molar-refractivity contribution in [2.75, 3.05) is 20.6 Å². The summed E-state index contributed by atoms with van der Waals surface area (Å²) in [5, 5.41) is 22.8. The fourth-order valence-corrected chi connectivity index (χ4v) is 4.38. The predicted molar refractivity (Wildman–Crippen MR) is 125 cm³/mol. The molecule has 0 saturated carbocycles. The Morgan fingerprint density at radius 1 is 0.844 bits per heavy atom. The molecular formula is C25H19N3O4. The van der Waals surface area contributed by atoms with E-state index in [0.29, 0.717) is 50.3 Å². The number of hydrogen-bond donors (Lipinski definition) is 2. The quantitative estimate of drug-likeness (QED) is 0.374. The number of para-hydroxylation sites is 2. The van der Waals surface area contributed by atoms with Gasteiger partial charge in [0.2, 0.25) is 0 Å². The molecular weight excluding hydrogens is 406 g/mol. The van der Waals surface area contributed by atoms with Crippen LogP contribution in [0.25, 0.3) is 43.6 Å². The number of carbonyl (C=O) groups is 2. The summed E-state index contributed by atoms with van der Waals surface area (Å²) in [4.78, 5) is 26.5. The Morgan fingerprint density at radius 2 is 1.44 bits per heavy atom. The second kappa shape index (κ2) is 7.15. The van der Waals surface area contributed by atoms with Crippen LogP contribution in [0.2, 0.25) is 0 Å². The van der Waals surface area contributed by atoms with E-state index in [2.05, 4.69) is 11.8 Å². The minimum Gasteiger partial charge on any atom is -0.464 e. The maximum Gasteiger partial charge on any atom is 0.416 e. The molecule has 2 heterocycles. The van der Waals surface area contributed by atoms with Crippen LogP contribution in [0.15, 0.2) is 54.6 Å². The maximum absolute atomic E-state index is 12.3. The normalized spacial score (nSPS) is 11.5. The molecule has 0 atom stereocenters. The lowest BCUT2D eigenvalue weighted by Gasteiger charge is -2.06. The molecule has 158 valence electrons. The molecule has 2 aromatic heterocycles. The van der Waals surface area contributed by atoms with Crippen molar-refractivity contribution in [1.82, 2.24) is 14.0 Å². The van der Waals surface area contributed by atoms with Gasteiger partial charge in [0, 0.05) is 21.5 Å². The Morgan fingerprint density at radius 3 is 2.06 bits per heavy atom. The molecule has 2 N–H and O–H groups in total. The van der Waals surface area contributed by atoms with E-state index >= 15 is 0 Å². The fourth-order valence-electron chi connectivity index (χ4n) is 4.38. The van der Waals surface area contributed by atoms with Crippen LogP contribution in [0.3, 0.4) is 0 Å². The van der Waals surface area contributed by atoms with Crippen LogP contribution >= 0.6 is 0 Å². The number of carboxylic acid groups (broad SMARTS) is 2. The molecule has 7 nitrogen and oxygen atoms in total. The lowest BCUT2D eigenvalue weighted by Crippen LogP contribution is -2.11. The molecule has 0 spiro atoms. The number of hydrogen-bond acceptors (Lipinski definition) is 3. The molecule has 5 aromatic rings. The smallest absolute Gasteiger partial charge is 0.416 e. The molecule has 5 rings (SSSR count). The Balaban J connectivity index is 2.11. The standard InChI is InChI=1S/C25H19N3O4/c1-26(2)13-7-10-17-22-16-9-4-6-12-20(16)27(24(29)30)21(22)14-18-15-8-3-5-11-19(15)28(23(17)18)25(31)32/h3-6,8-9,11-12,14H,13H2,1-2H3,(H,29,30)(H,31,32). The number of fused-ring (bicyclic) bond motifs is 6. The van der Waals surface area contributed by atoms with Crippen molar-refractivity contribution in [2.24, 2.45) is 0 Å². The zero-order valence-corrected chi connectivity index (χ0v) is 17.5. The Hall–Kier alpha value is -4.28. The second-order valence-corrected chi connectivity index (χ2v) is 7.85. The van der Waals surface area contributed by atoms with Crippen LogP contribution in [0, 0.1) is 11.8 Å². The van der Waals surface area contributed by atoms with Crippen molar-refractivity contribution < 1.29 is 19.8 Å². The van der Waals surface area contributed by atoms with Gasteiger partial charge < -0.3 is 10.2 Å². The minimum atomic E-state index is -1.12. The molecule has 0 unspecified atom stereocenters. The van der Waals surface area contributed by atoms with E-state index in [1.165, 1.54) is 9.13 Å². The predicted octanol–water partition coefficient (Wildman–Crippen LogP) is 4.87. The first-order valence-electron chi connectivity index (χ1n) is 9.99. The summed E-state index contributed by atoms with van der Waals surface area (Å²) < 4.78 is 2.49. The summed E-state index contributed by atoms with van der Waals surface area (Å²) in [6, 6.07) is 16.2. The third kappa shape index (κ3) is 2.74. The Bertz CT molecular complexity index is 1640. The summed E-state index contributed by atoms with van der Waals surface area (Å²) in [7, 11) is 3.80. The van der Waals surface area contributed by atoms with E-state index < -0.39 is 12.2 Å². The van der Waals surface area contributed by atoms with Gasteiger partial charge in [-0.05, 0) is 32.3 Å². The molecule has 0 radical (unpaired) electrons. The van der Waals surface area contributed by atoms with Gasteiger partial charge in [0.1, 0.15) is 0 Å². The average Bonchev–Trinajstić information content (AvgIpc) is 3.26. The molecule has 7 heteroatoms. The monoisotopic (exact) mass is 425 g/mol. The van der Waals surface area contributed by atoms with Gasteiger partial charge in [0.05, 0.1) is 34.2 Å².